The first-order valence-electron chi connectivity index (χ1n) is 9.67. The molecule has 3 aliphatic heterocycles. The number of hydrogen-bond acceptors (Lipinski definition) is 4. The summed E-state index contributed by atoms with van der Waals surface area (Å²) in [7, 11) is 0. The first-order valence-corrected chi connectivity index (χ1v) is 9.67. The summed E-state index contributed by atoms with van der Waals surface area (Å²) in [5, 5.41) is 9.48. The minimum absolute atomic E-state index is 0.116. The molecule has 1 saturated carbocycles. The topological polar surface area (TPSA) is 90.5 Å². The van der Waals surface area contributed by atoms with Gasteiger partial charge in [0.25, 0.3) is 5.91 Å². The summed E-state index contributed by atoms with van der Waals surface area (Å²) in [5.41, 5.74) is -0.788. The average Bonchev–Trinajstić information content (AvgIpc) is 3.03. The van der Waals surface area contributed by atoms with Crippen molar-refractivity contribution < 1.29 is 14.4 Å². The summed E-state index contributed by atoms with van der Waals surface area (Å²) in [6.45, 7) is 1.85. The molecule has 0 radical (unpaired) electrons. The number of nitrogens with one attached hydrogen (secondary N) is 3. The molecule has 4 fully saturated rings. The lowest BCUT2D eigenvalue weighted by molar-refractivity contribution is -0.137. The fourth-order valence-electron chi connectivity index (χ4n) is 5.23. The van der Waals surface area contributed by atoms with Crippen LogP contribution < -0.4 is 16.0 Å². The fraction of sp³-hybridized carbons (Fsp3) is 0.833. The van der Waals surface area contributed by atoms with Gasteiger partial charge in [0.15, 0.2) is 0 Å². The van der Waals surface area contributed by atoms with E-state index in [0.29, 0.717) is 18.5 Å². The van der Waals surface area contributed by atoms with E-state index in [9.17, 15) is 14.4 Å². The molecule has 2 bridgehead atoms. The molecule has 4 rings (SSSR count). The molecule has 0 aromatic rings. The number of carbonyl (C=O) groups is 3. The van der Waals surface area contributed by atoms with Crippen molar-refractivity contribution in [2.75, 3.05) is 6.54 Å². The highest BCUT2D eigenvalue weighted by Gasteiger charge is 2.55. The van der Waals surface area contributed by atoms with Crippen molar-refractivity contribution in [3.63, 3.8) is 0 Å². The van der Waals surface area contributed by atoms with Gasteiger partial charge in [-0.05, 0) is 44.4 Å². The molecule has 1 spiro atoms. The number of imide groups is 1. The van der Waals surface area contributed by atoms with Gasteiger partial charge in [-0.25, -0.2) is 4.79 Å². The quantitative estimate of drug-likeness (QED) is 0.661. The van der Waals surface area contributed by atoms with E-state index in [0.717, 1.165) is 37.0 Å². The molecule has 7 heteroatoms. The Balaban J connectivity index is 1.38. The van der Waals surface area contributed by atoms with E-state index >= 15 is 0 Å². The van der Waals surface area contributed by atoms with Crippen LogP contribution in [0, 0.1) is 5.92 Å². The Labute approximate surface area is 148 Å². The van der Waals surface area contributed by atoms with Crippen molar-refractivity contribution in [3.05, 3.63) is 0 Å². The van der Waals surface area contributed by atoms with Crippen LogP contribution in [0.25, 0.3) is 0 Å². The van der Waals surface area contributed by atoms with E-state index in [4.69, 9.17) is 0 Å². The van der Waals surface area contributed by atoms with Gasteiger partial charge in [-0.2, -0.15) is 0 Å². The molecule has 4 unspecified atom stereocenters. The Bertz CT molecular complexity index is 583. The summed E-state index contributed by atoms with van der Waals surface area (Å²) < 4.78 is 0. The van der Waals surface area contributed by atoms with Crippen molar-refractivity contribution >= 4 is 17.8 Å². The summed E-state index contributed by atoms with van der Waals surface area (Å²) in [6, 6.07) is 0.716. The van der Waals surface area contributed by atoms with Crippen LogP contribution in [0.5, 0.6) is 0 Å². The number of carbonyl (C=O) groups excluding carboxylic acids is 3. The second kappa shape index (κ2) is 6.27. The Morgan fingerprint density at radius 3 is 2.60 bits per heavy atom. The number of nitrogens with zero attached hydrogens (tertiary/aromatic N) is 1. The van der Waals surface area contributed by atoms with Crippen LogP contribution >= 0.6 is 0 Å². The number of fused-ring (bicyclic) bond motifs is 2. The molecule has 1 aliphatic carbocycles. The Kier molecular flexibility index (Phi) is 4.22. The zero-order valence-electron chi connectivity index (χ0n) is 14.8. The van der Waals surface area contributed by atoms with E-state index in [1.807, 2.05) is 6.92 Å². The number of rotatable bonds is 3. The largest absolute Gasteiger partial charge is 0.352 e. The smallest absolute Gasteiger partial charge is 0.325 e. The lowest BCUT2D eigenvalue weighted by atomic mass is 9.73. The fourth-order valence-corrected chi connectivity index (χ4v) is 5.23. The van der Waals surface area contributed by atoms with Crippen LogP contribution in [0.4, 0.5) is 4.79 Å². The lowest BCUT2D eigenvalue weighted by Crippen LogP contribution is -2.54. The first-order chi connectivity index (χ1) is 12.0. The van der Waals surface area contributed by atoms with Gasteiger partial charge in [-0.15, -0.1) is 0 Å². The van der Waals surface area contributed by atoms with E-state index in [2.05, 4.69) is 16.0 Å². The normalized spacial score (nSPS) is 40.4. The van der Waals surface area contributed by atoms with Crippen molar-refractivity contribution in [1.29, 1.82) is 0 Å². The second-order valence-corrected chi connectivity index (χ2v) is 8.31. The molecular weight excluding hydrogens is 320 g/mol. The van der Waals surface area contributed by atoms with Crippen LogP contribution in [-0.4, -0.2) is 53.0 Å². The van der Waals surface area contributed by atoms with Gasteiger partial charge in [0.2, 0.25) is 5.91 Å². The first kappa shape index (κ1) is 16.8. The SMILES string of the molecule is CC1CCCCC12NC(=O)N(CC(=O)NC1CC3CCC(C1)N3)C2=O. The monoisotopic (exact) mass is 348 g/mol. The molecule has 3 N–H and O–H groups in total. The Morgan fingerprint density at radius 2 is 1.92 bits per heavy atom. The van der Waals surface area contributed by atoms with Gasteiger partial charge in [-0.3, -0.25) is 14.5 Å². The predicted molar refractivity (Wildman–Crippen MR) is 91.7 cm³/mol. The van der Waals surface area contributed by atoms with Crippen molar-refractivity contribution in [2.24, 2.45) is 5.92 Å². The van der Waals surface area contributed by atoms with E-state index in [-0.39, 0.29) is 30.3 Å². The highest BCUT2D eigenvalue weighted by molar-refractivity contribution is 6.09. The minimum atomic E-state index is -0.788. The highest BCUT2D eigenvalue weighted by atomic mass is 16.2. The predicted octanol–water partition coefficient (Wildman–Crippen LogP) is 0.886. The van der Waals surface area contributed by atoms with Gasteiger partial charge in [0, 0.05) is 18.1 Å². The molecule has 3 heterocycles. The number of hydrogen-bond donors (Lipinski definition) is 3. The van der Waals surface area contributed by atoms with Gasteiger partial charge in [0.1, 0.15) is 12.1 Å². The molecule has 4 amide bonds. The summed E-state index contributed by atoms with van der Waals surface area (Å²) in [6.07, 6.45) is 7.85. The van der Waals surface area contributed by atoms with E-state index in [1.54, 1.807) is 0 Å². The van der Waals surface area contributed by atoms with Crippen LogP contribution in [0.15, 0.2) is 0 Å². The molecule has 7 nitrogen and oxygen atoms in total. The molecular formula is C18H28N4O3. The van der Waals surface area contributed by atoms with Gasteiger partial charge < -0.3 is 16.0 Å². The maximum Gasteiger partial charge on any atom is 0.325 e. The molecule has 0 aromatic carbocycles. The van der Waals surface area contributed by atoms with Gasteiger partial charge in [-0.1, -0.05) is 19.8 Å². The third-order valence-corrected chi connectivity index (χ3v) is 6.64. The molecule has 0 aromatic heterocycles. The highest BCUT2D eigenvalue weighted by Crippen LogP contribution is 2.38. The van der Waals surface area contributed by atoms with Gasteiger partial charge >= 0.3 is 6.03 Å². The zero-order chi connectivity index (χ0) is 17.6. The van der Waals surface area contributed by atoms with Crippen LogP contribution in [0.1, 0.15) is 58.3 Å². The third-order valence-electron chi connectivity index (χ3n) is 6.64. The summed E-state index contributed by atoms with van der Waals surface area (Å²) in [5.74, 6) is -0.327. The Hall–Kier alpha value is -1.63. The van der Waals surface area contributed by atoms with Crippen LogP contribution in [0.3, 0.4) is 0 Å². The summed E-state index contributed by atoms with van der Waals surface area (Å²) >= 11 is 0. The minimum Gasteiger partial charge on any atom is -0.352 e. The molecule has 3 saturated heterocycles. The second-order valence-electron chi connectivity index (χ2n) is 8.31. The standard InChI is InChI=1S/C18H28N4O3/c1-11-4-2-3-7-18(11)16(24)22(17(25)21-18)10-15(23)20-14-8-12-5-6-13(9-14)19-12/h11-14,19H,2-10H2,1H3,(H,20,23)(H,21,25). The van der Waals surface area contributed by atoms with Crippen LogP contribution in [0.2, 0.25) is 0 Å². The van der Waals surface area contributed by atoms with E-state index < -0.39 is 11.6 Å². The lowest BCUT2D eigenvalue weighted by Gasteiger charge is -2.36. The van der Waals surface area contributed by atoms with Crippen molar-refractivity contribution in [1.82, 2.24) is 20.9 Å². The van der Waals surface area contributed by atoms with Crippen molar-refractivity contribution in [2.45, 2.75) is 82.0 Å². The van der Waals surface area contributed by atoms with Crippen molar-refractivity contribution in [3.8, 4) is 0 Å². The zero-order valence-corrected chi connectivity index (χ0v) is 14.8. The molecule has 25 heavy (non-hydrogen) atoms. The maximum atomic E-state index is 12.9. The van der Waals surface area contributed by atoms with Crippen LogP contribution in [-0.2, 0) is 9.59 Å². The molecule has 4 aliphatic rings. The third kappa shape index (κ3) is 2.92. The average molecular weight is 348 g/mol. The number of urea groups is 1. The number of piperidine rings is 1. The maximum absolute atomic E-state index is 12.9. The Morgan fingerprint density at radius 1 is 1.20 bits per heavy atom. The molecule has 4 atom stereocenters. The van der Waals surface area contributed by atoms with E-state index in [1.165, 1.54) is 12.8 Å². The number of amides is 4. The van der Waals surface area contributed by atoms with Gasteiger partial charge in [0.05, 0.1) is 0 Å². The summed E-state index contributed by atoms with van der Waals surface area (Å²) in [4.78, 5) is 38.8. The molecule has 138 valence electrons.